The van der Waals surface area contributed by atoms with Crippen LogP contribution >= 0.6 is 0 Å². The number of fused-ring (bicyclic) bond motifs is 3. The third-order valence-corrected chi connectivity index (χ3v) is 7.47. The monoisotopic (exact) mass is 487 g/mol. The summed E-state index contributed by atoms with van der Waals surface area (Å²) in [5.74, 6) is -2.56. The van der Waals surface area contributed by atoms with Crippen LogP contribution in [0.1, 0.15) is 51.9 Å². The molecule has 10 heteroatoms. The number of nitriles is 1. The summed E-state index contributed by atoms with van der Waals surface area (Å²) >= 11 is 0. The molecule has 3 aliphatic heterocycles. The summed E-state index contributed by atoms with van der Waals surface area (Å²) in [7, 11) is 0. The highest BCUT2D eigenvalue weighted by atomic mass is 19.1. The van der Waals surface area contributed by atoms with Crippen LogP contribution in [0.2, 0.25) is 0 Å². The standard InChI is InChI=1S/C25H31F2N5O3/c1-14(30-21-12-17(26)6-9-20(21)27)25(35)32-19-7-4-15(5-8-19)22(32)24(34)31-18(13-28)11-16-3-2-10-29-23(16)33/h6,9,12,14-16,18-19,22,30H,2-5,7-8,10-11H2,1H3,(H,29,33)(H,31,34)/t14-,15?,16-,18-,19?,22-/m0/s1. The summed E-state index contributed by atoms with van der Waals surface area (Å²) in [5.41, 5.74) is -0.121. The van der Waals surface area contributed by atoms with Crippen LogP contribution in [0.15, 0.2) is 18.2 Å². The lowest BCUT2D eigenvalue weighted by Gasteiger charge is -2.51. The molecule has 35 heavy (non-hydrogen) atoms. The first-order valence-electron chi connectivity index (χ1n) is 12.3. The van der Waals surface area contributed by atoms with Gasteiger partial charge in [-0.05, 0) is 76.0 Å². The van der Waals surface area contributed by atoms with Crippen LogP contribution in [-0.4, -0.2) is 53.3 Å². The second-order valence-electron chi connectivity index (χ2n) is 9.81. The van der Waals surface area contributed by atoms with Crippen molar-refractivity contribution in [3.8, 4) is 6.07 Å². The fourth-order valence-electron chi connectivity index (χ4n) is 5.68. The SMILES string of the molecule is C[C@H](Nc1cc(F)ccc1F)C(=O)N1C2CCC(CC2)[C@H]1C(=O)N[C@H](C#N)C[C@@H]1CCCNC1=O. The Kier molecular flexibility index (Phi) is 7.53. The first kappa shape index (κ1) is 24.9. The van der Waals surface area contributed by atoms with Crippen molar-refractivity contribution in [3.63, 3.8) is 0 Å². The fraction of sp³-hybridized carbons (Fsp3) is 0.600. The van der Waals surface area contributed by atoms with Crippen LogP contribution in [0, 0.1) is 34.8 Å². The maximum absolute atomic E-state index is 14.1. The highest BCUT2D eigenvalue weighted by molar-refractivity contribution is 5.92. The van der Waals surface area contributed by atoms with Gasteiger partial charge < -0.3 is 20.9 Å². The third-order valence-electron chi connectivity index (χ3n) is 7.47. The second kappa shape index (κ2) is 10.6. The fourth-order valence-corrected chi connectivity index (χ4v) is 5.68. The molecule has 2 bridgehead atoms. The van der Waals surface area contributed by atoms with E-state index in [0.29, 0.717) is 13.0 Å². The molecule has 4 aliphatic rings. The van der Waals surface area contributed by atoms with Crippen LogP contribution in [0.3, 0.4) is 0 Å². The Morgan fingerprint density at radius 1 is 1.23 bits per heavy atom. The van der Waals surface area contributed by atoms with E-state index in [2.05, 4.69) is 22.0 Å². The van der Waals surface area contributed by atoms with Gasteiger partial charge in [-0.1, -0.05) is 0 Å². The van der Waals surface area contributed by atoms with Gasteiger partial charge in [-0.25, -0.2) is 8.78 Å². The Labute approximate surface area is 203 Å². The molecule has 3 heterocycles. The molecule has 0 radical (unpaired) electrons. The van der Waals surface area contributed by atoms with Crippen LogP contribution in [0.5, 0.6) is 0 Å². The first-order chi connectivity index (χ1) is 16.8. The predicted molar refractivity (Wildman–Crippen MR) is 124 cm³/mol. The summed E-state index contributed by atoms with van der Waals surface area (Å²) in [6.45, 7) is 2.18. The van der Waals surface area contributed by atoms with E-state index in [0.717, 1.165) is 50.3 Å². The van der Waals surface area contributed by atoms with Gasteiger partial charge in [-0.3, -0.25) is 14.4 Å². The number of piperidine rings is 3. The zero-order valence-corrected chi connectivity index (χ0v) is 19.7. The molecule has 8 nitrogen and oxygen atoms in total. The van der Waals surface area contributed by atoms with Gasteiger partial charge in [-0.2, -0.15) is 5.26 Å². The van der Waals surface area contributed by atoms with E-state index in [9.17, 15) is 28.4 Å². The number of benzene rings is 1. The number of carbonyl (C=O) groups is 3. The molecule has 3 amide bonds. The molecule has 1 aromatic carbocycles. The zero-order chi connectivity index (χ0) is 25.1. The summed E-state index contributed by atoms with van der Waals surface area (Å²) in [5, 5.41) is 18.0. The Morgan fingerprint density at radius 2 is 1.97 bits per heavy atom. The number of hydrogen-bond donors (Lipinski definition) is 3. The van der Waals surface area contributed by atoms with Gasteiger partial charge in [0.15, 0.2) is 0 Å². The second-order valence-corrected chi connectivity index (χ2v) is 9.81. The molecule has 188 valence electrons. The van der Waals surface area contributed by atoms with Crippen LogP contribution < -0.4 is 16.0 Å². The quantitative estimate of drug-likeness (QED) is 0.547. The minimum Gasteiger partial charge on any atom is -0.371 e. The number of nitrogens with zero attached hydrogens (tertiary/aromatic N) is 2. The van der Waals surface area contributed by atoms with Gasteiger partial charge in [0.05, 0.1) is 11.8 Å². The van der Waals surface area contributed by atoms with E-state index < -0.39 is 35.7 Å². The van der Waals surface area contributed by atoms with Crippen molar-refractivity contribution >= 4 is 23.4 Å². The molecule has 0 aromatic heterocycles. The van der Waals surface area contributed by atoms with E-state index in [1.54, 1.807) is 11.8 Å². The minimum absolute atomic E-state index is 0.0422. The number of hydrogen-bond acceptors (Lipinski definition) is 5. The molecule has 1 aromatic rings. The summed E-state index contributed by atoms with van der Waals surface area (Å²) in [6, 6.07) is 2.46. The van der Waals surface area contributed by atoms with Gasteiger partial charge in [0.25, 0.3) is 0 Å². The van der Waals surface area contributed by atoms with Crippen LogP contribution in [-0.2, 0) is 14.4 Å². The maximum Gasteiger partial charge on any atom is 0.245 e. The molecule has 1 aliphatic carbocycles. The number of rotatable bonds is 7. The third kappa shape index (κ3) is 5.39. The number of anilines is 1. The molecule has 1 saturated carbocycles. The zero-order valence-electron chi connectivity index (χ0n) is 19.7. The summed E-state index contributed by atoms with van der Waals surface area (Å²) < 4.78 is 27.7. The van der Waals surface area contributed by atoms with E-state index in [-0.39, 0.29) is 41.8 Å². The van der Waals surface area contributed by atoms with Gasteiger partial charge in [0.1, 0.15) is 29.8 Å². The largest absolute Gasteiger partial charge is 0.371 e. The van der Waals surface area contributed by atoms with E-state index in [1.165, 1.54) is 0 Å². The number of nitrogens with one attached hydrogen (secondary N) is 3. The van der Waals surface area contributed by atoms with Gasteiger partial charge in [0, 0.05) is 18.5 Å². The summed E-state index contributed by atoms with van der Waals surface area (Å²) in [4.78, 5) is 40.5. The van der Waals surface area contributed by atoms with E-state index >= 15 is 0 Å². The molecule has 4 fully saturated rings. The van der Waals surface area contributed by atoms with Crippen LogP contribution in [0.25, 0.3) is 0 Å². The average Bonchev–Trinajstić information content (AvgIpc) is 2.86. The molecule has 3 N–H and O–H groups in total. The molecule has 5 rings (SSSR count). The minimum atomic E-state index is -0.890. The predicted octanol–water partition coefficient (Wildman–Crippen LogP) is 2.46. The van der Waals surface area contributed by atoms with Crippen molar-refractivity contribution in [1.82, 2.24) is 15.5 Å². The normalized spacial score (nSPS) is 27.4. The Bertz CT molecular complexity index is 1020. The lowest BCUT2D eigenvalue weighted by Crippen LogP contribution is -2.65. The highest BCUT2D eigenvalue weighted by Crippen LogP contribution is 2.40. The van der Waals surface area contributed by atoms with Crippen molar-refractivity contribution in [3.05, 3.63) is 29.8 Å². The van der Waals surface area contributed by atoms with Crippen molar-refractivity contribution in [2.24, 2.45) is 11.8 Å². The molecular weight excluding hydrogens is 456 g/mol. The van der Waals surface area contributed by atoms with Crippen LogP contribution in [0.4, 0.5) is 14.5 Å². The smallest absolute Gasteiger partial charge is 0.245 e. The van der Waals surface area contributed by atoms with E-state index in [4.69, 9.17) is 0 Å². The lowest BCUT2D eigenvalue weighted by molar-refractivity contribution is -0.154. The number of carbonyl (C=O) groups excluding carboxylic acids is 3. The molecule has 3 saturated heterocycles. The Morgan fingerprint density at radius 3 is 2.66 bits per heavy atom. The Hall–Kier alpha value is -3.22. The van der Waals surface area contributed by atoms with Crippen molar-refractivity contribution in [2.45, 2.75) is 76.0 Å². The van der Waals surface area contributed by atoms with Gasteiger partial charge in [0.2, 0.25) is 17.7 Å². The van der Waals surface area contributed by atoms with Crippen molar-refractivity contribution in [1.29, 1.82) is 5.26 Å². The molecule has 0 spiro atoms. The van der Waals surface area contributed by atoms with E-state index in [1.807, 2.05) is 0 Å². The molecule has 0 unspecified atom stereocenters. The average molecular weight is 488 g/mol. The van der Waals surface area contributed by atoms with Crippen molar-refractivity contribution < 1.29 is 23.2 Å². The highest BCUT2D eigenvalue weighted by Gasteiger charge is 2.48. The summed E-state index contributed by atoms with van der Waals surface area (Å²) in [6.07, 6.45) is 4.85. The Balaban J connectivity index is 1.47. The maximum atomic E-state index is 14.1. The van der Waals surface area contributed by atoms with Crippen molar-refractivity contribution in [2.75, 3.05) is 11.9 Å². The molecular formula is C25H31F2N5O3. The lowest BCUT2D eigenvalue weighted by atomic mass is 9.74. The van der Waals surface area contributed by atoms with Gasteiger partial charge >= 0.3 is 0 Å². The molecule has 4 atom stereocenters. The number of amides is 3. The van der Waals surface area contributed by atoms with Gasteiger partial charge in [-0.15, -0.1) is 0 Å². The first-order valence-corrected chi connectivity index (χ1v) is 12.3. The number of halogens is 2. The topological polar surface area (TPSA) is 114 Å².